The Labute approximate surface area is 132 Å². The fourth-order valence-corrected chi connectivity index (χ4v) is 2.38. The summed E-state index contributed by atoms with van der Waals surface area (Å²) in [5.41, 5.74) is 1.79. The van der Waals surface area contributed by atoms with Crippen molar-refractivity contribution in [1.29, 1.82) is 0 Å². The Hall–Kier alpha value is -1.75. The van der Waals surface area contributed by atoms with Gasteiger partial charge in [-0.05, 0) is 49.9 Å². The highest BCUT2D eigenvalue weighted by Crippen LogP contribution is 2.21. The lowest BCUT2D eigenvalue weighted by atomic mass is 10.2. The lowest BCUT2D eigenvalue weighted by molar-refractivity contribution is 0.112. The van der Waals surface area contributed by atoms with Crippen LogP contribution in [0.1, 0.15) is 38.2 Å². The number of amides is 2. The third kappa shape index (κ3) is 5.22. The van der Waals surface area contributed by atoms with Crippen LogP contribution in [0.15, 0.2) is 18.2 Å². The molecule has 0 bridgehead atoms. The summed E-state index contributed by atoms with van der Waals surface area (Å²) in [4.78, 5) is 11.9. The molecule has 122 valence electrons. The molecule has 1 heterocycles. The molecule has 22 heavy (non-hydrogen) atoms. The van der Waals surface area contributed by atoms with Crippen LogP contribution in [0, 0.1) is 6.92 Å². The Kier molecular flexibility index (Phi) is 6.52. The first-order valence-corrected chi connectivity index (χ1v) is 8.09. The second-order valence-electron chi connectivity index (χ2n) is 5.65. The molecule has 5 heteroatoms. The first-order valence-electron chi connectivity index (χ1n) is 8.09. The van der Waals surface area contributed by atoms with Crippen molar-refractivity contribution in [3.8, 4) is 5.75 Å². The van der Waals surface area contributed by atoms with Crippen molar-refractivity contribution in [3.05, 3.63) is 23.8 Å². The fraction of sp³-hybridized carbons (Fsp3) is 0.588. The number of carbonyl (C=O) groups excluding carboxylic acids is 1. The maximum atomic E-state index is 11.9. The van der Waals surface area contributed by atoms with Gasteiger partial charge in [0.05, 0.1) is 12.7 Å². The standard InChI is InChI=1S/C17H26N2O3/c1-3-4-9-21-14-7-8-16(13(2)11-14)19-17(20)18-12-15-6-5-10-22-15/h7-8,11,15H,3-6,9-10,12H2,1-2H3,(H2,18,19,20). The maximum absolute atomic E-state index is 11.9. The van der Waals surface area contributed by atoms with Gasteiger partial charge in [-0.15, -0.1) is 0 Å². The van der Waals surface area contributed by atoms with E-state index in [2.05, 4.69) is 17.6 Å². The molecular weight excluding hydrogens is 280 g/mol. The minimum Gasteiger partial charge on any atom is -0.494 e. The van der Waals surface area contributed by atoms with E-state index in [0.717, 1.165) is 55.9 Å². The number of ether oxygens (including phenoxy) is 2. The maximum Gasteiger partial charge on any atom is 0.319 e. The summed E-state index contributed by atoms with van der Waals surface area (Å²) in [5, 5.41) is 5.72. The highest BCUT2D eigenvalue weighted by atomic mass is 16.5. The lowest BCUT2D eigenvalue weighted by Gasteiger charge is -2.14. The Balaban J connectivity index is 1.79. The Morgan fingerprint density at radius 2 is 2.32 bits per heavy atom. The van der Waals surface area contributed by atoms with E-state index in [0.29, 0.717) is 6.54 Å². The number of unbranched alkanes of at least 4 members (excludes halogenated alkanes) is 1. The molecule has 0 spiro atoms. The van der Waals surface area contributed by atoms with Gasteiger partial charge in [0.1, 0.15) is 5.75 Å². The van der Waals surface area contributed by atoms with Gasteiger partial charge in [-0.1, -0.05) is 13.3 Å². The highest BCUT2D eigenvalue weighted by molar-refractivity contribution is 5.90. The lowest BCUT2D eigenvalue weighted by Crippen LogP contribution is -2.35. The number of urea groups is 1. The molecular formula is C17H26N2O3. The summed E-state index contributed by atoms with van der Waals surface area (Å²) in [5.74, 6) is 0.844. The molecule has 2 N–H and O–H groups in total. The number of hydrogen-bond donors (Lipinski definition) is 2. The van der Waals surface area contributed by atoms with Gasteiger partial charge in [0.15, 0.2) is 0 Å². The molecule has 1 aromatic rings. The normalized spacial score (nSPS) is 17.3. The van der Waals surface area contributed by atoms with Crippen LogP contribution in [-0.4, -0.2) is 31.9 Å². The fourth-order valence-electron chi connectivity index (χ4n) is 2.38. The average Bonchev–Trinajstić information content (AvgIpc) is 3.01. The number of rotatable bonds is 7. The zero-order valence-electron chi connectivity index (χ0n) is 13.5. The molecule has 5 nitrogen and oxygen atoms in total. The van der Waals surface area contributed by atoms with Crippen LogP contribution in [-0.2, 0) is 4.74 Å². The first kappa shape index (κ1) is 16.6. The predicted octanol–water partition coefficient (Wildman–Crippen LogP) is 3.47. The van der Waals surface area contributed by atoms with Gasteiger partial charge < -0.3 is 20.1 Å². The Morgan fingerprint density at radius 3 is 3.00 bits per heavy atom. The van der Waals surface area contributed by atoms with E-state index in [1.54, 1.807) is 0 Å². The molecule has 2 rings (SSSR count). The van der Waals surface area contributed by atoms with Crippen LogP contribution in [0.3, 0.4) is 0 Å². The van der Waals surface area contributed by atoms with Gasteiger partial charge >= 0.3 is 6.03 Å². The zero-order valence-corrected chi connectivity index (χ0v) is 13.5. The number of nitrogens with one attached hydrogen (secondary N) is 2. The largest absolute Gasteiger partial charge is 0.494 e. The molecule has 1 unspecified atom stereocenters. The van der Waals surface area contributed by atoms with Crippen LogP contribution in [0.25, 0.3) is 0 Å². The summed E-state index contributed by atoms with van der Waals surface area (Å²) < 4.78 is 11.1. The minimum absolute atomic E-state index is 0.154. The molecule has 1 aliphatic rings. The number of hydrogen-bond acceptors (Lipinski definition) is 3. The van der Waals surface area contributed by atoms with Gasteiger partial charge in [0, 0.05) is 18.8 Å². The van der Waals surface area contributed by atoms with E-state index in [4.69, 9.17) is 9.47 Å². The topological polar surface area (TPSA) is 59.6 Å². The van der Waals surface area contributed by atoms with Crippen molar-refractivity contribution in [2.45, 2.75) is 45.6 Å². The monoisotopic (exact) mass is 306 g/mol. The molecule has 0 aliphatic carbocycles. The highest BCUT2D eigenvalue weighted by Gasteiger charge is 2.16. The van der Waals surface area contributed by atoms with E-state index in [-0.39, 0.29) is 12.1 Å². The molecule has 1 aliphatic heterocycles. The molecule has 0 aromatic heterocycles. The van der Waals surface area contributed by atoms with E-state index in [9.17, 15) is 4.79 Å². The third-order valence-electron chi connectivity index (χ3n) is 3.73. The SMILES string of the molecule is CCCCOc1ccc(NC(=O)NCC2CCCO2)c(C)c1. The summed E-state index contributed by atoms with van der Waals surface area (Å²) in [7, 11) is 0. The average molecular weight is 306 g/mol. The van der Waals surface area contributed by atoms with Crippen LogP contribution in [0.2, 0.25) is 0 Å². The van der Waals surface area contributed by atoms with Crippen molar-refractivity contribution in [2.24, 2.45) is 0 Å². The number of anilines is 1. The van der Waals surface area contributed by atoms with E-state index >= 15 is 0 Å². The zero-order chi connectivity index (χ0) is 15.8. The molecule has 0 radical (unpaired) electrons. The van der Waals surface area contributed by atoms with E-state index in [1.807, 2.05) is 25.1 Å². The molecule has 0 saturated carbocycles. The quantitative estimate of drug-likeness (QED) is 0.758. The Bertz CT molecular complexity index is 485. The summed E-state index contributed by atoms with van der Waals surface area (Å²) >= 11 is 0. The van der Waals surface area contributed by atoms with Crippen LogP contribution >= 0.6 is 0 Å². The number of carbonyl (C=O) groups is 1. The van der Waals surface area contributed by atoms with Crippen LogP contribution in [0.5, 0.6) is 5.75 Å². The second-order valence-corrected chi connectivity index (χ2v) is 5.65. The number of aryl methyl sites for hydroxylation is 1. The van der Waals surface area contributed by atoms with Crippen molar-refractivity contribution >= 4 is 11.7 Å². The third-order valence-corrected chi connectivity index (χ3v) is 3.73. The summed E-state index contributed by atoms with van der Waals surface area (Å²) in [6, 6.07) is 5.52. The second kappa shape index (κ2) is 8.63. The minimum atomic E-state index is -0.196. The van der Waals surface area contributed by atoms with Crippen molar-refractivity contribution < 1.29 is 14.3 Å². The predicted molar refractivity (Wildman–Crippen MR) is 87.6 cm³/mol. The van der Waals surface area contributed by atoms with Gasteiger partial charge in [-0.3, -0.25) is 0 Å². The van der Waals surface area contributed by atoms with Crippen molar-refractivity contribution in [2.75, 3.05) is 25.1 Å². The van der Waals surface area contributed by atoms with Gasteiger partial charge in [-0.2, -0.15) is 0 Å². The molecule has 1 fully saturated rings. The van der Waals surface area contributed by atoms with E-state index < -0.39 is 0 Å². The van der Waals surface area contributed by atoms with Crippen LogP contribution < -0.4 is 15.4 Å². The van der Waals surface area contributed by atoms with Crippen molar-refractivity contribution in [3.63, 3.8) is 0 Å². The summed E-state index contributed by atoms with van der Waals surface area (Å²) in [6.07, 6.45) is 4.41. The van der Waals surface area contributed by atoms with Crippen LogP contribution in [0.4, 0.5) is 10.5 Å². The van der Waals surface area contributed by atoms with E-state index in [1.165, 1.54) is 0 Å². The van der Waals surface area contributed by atoms with Gasteiger partial charge in [-0.25, -0.2) is 4.79 Å². The van der Waals surface area contributed by atoms with Gasteiger partial charge in [0.25, 0.3) is 0 Å². The number of benzene rings is 1. The molecule has 1 aromatic carbocycles. The Morgan fingerprint density at radius 1 is 1.45 bits per heavy atom. The van der Waals surface area contributed by atoms with Crippen molar-refractivity contribution in [1.82, 2.24) is 5.32 Å². The first-order chi connectivity index (χ1) is 10.7. The summed E-state index contributed by atoms with van der Waals surface area (Å²) in [6.45, 7) is 6.18. The molecule has 1 saturated heterocycles. The van der Waals surface area contributed by atoms with Gasteiger partial charge in [0.2, 0.25) is 0 Å². The smallest absolute Gasteiger partial charge is 0.319 e. The molecule has 2 amide bonds. The molecule has 1 atom stereocenters.